The molecule has 0 amide bonds. The van der Waals surface area contributed by atoms with E-state index in [0.717, 1.165) is 5.56 Å². The first-order valence-electron chi connectivity index (χ1n) is 8.86. The zero-order valence-electron chi connectivity index (χ0n) is 16.2. The third-order valence-electron chi connectivity index (χ3n) is 3.64. The van der Waals surface area contributed by atoms with Gasteiger partial charge in [0.2, 0.25) is 5.39 Å². The highest BCUT2D eigenvalue weighted by Crippen LogP contribution is 2.19. The molecule has 0 heterocycles. The smallest absolute Gasteiger partial charge is 0.418 e. The zero-order chi connectivity index (χ0) is 23.6. The molecule has 0 fully saturated rings. The Bertz CT molecular complexity index is 1260. The maximum Gasteiger partial charge on any atom is 0.673 e. The van der Waals surface area contributed by atoms with E-state index in [4.69, 9.17) is 5.39 Å². The summed E-state index contributed by atoms with van der Waals surface area (Å²) < 4.78 is 39.0. The van der Waals surface area contributed by atoms with Gasteiger partial charge in [0, 0.05) is 34.9 Å². The van der Waals surface area contributed by atoms with Crippen LogP contribution in [0, 0.1) is 39.2 Å². The van der Waals surface area contributed by atoms with Crippen LogP contribution >= 0.6 is 0 Å². The molecule has 158 valence electrons. The van der Waals surface area contributed by atoms with E-state index < -0.39 is 12.2 Å². The molecule has 0 aromatic heterocycles. The Hall–Kier alpha value is -4.62. The molecule has 0 aliphatic carbocycles. The Morgan fingerprint density at radius 3 is 1.84 bits per heavy atom. The van der Waals surface area contributed by atoms with Crippen molar-refractivity contribution < 1.29 is 22.2 Å². The monoisotopic (exact) mass is 437 g/mol. The van der Waals surface area contributed by atoms with Gasteiger partial charge in [-0.3, -0.25) is 10.1 Å². The summed E-state index contributed by atoms with van der Waals surface area (Å²) in [5, 5.41) is 20.1. The first-order valence-corrected chi connectivity index (χ1v) is 8.86. The number of nitro groups is 1. The minimum Gasteiger partial charge on any atom is -0.418 e. The van der Waals surface area contributed by atoms with Crippen LogP contribution in [0.1, 0.15) is 22.3 Å². The summed E-state index contributed by atoms with van der Waals surface area (Å²) >= 11 is 0. The van der Waals surface area contributed by atoms with Crippen LogP contribution in [0.3, 0.4) is 0 Å². The molecule has 0 aliphatic heterocycles. The fraction of sp³-hybridized carbons (Fsp3) is 0. The zero-order valence-corrected chi connectivity index (χ0v) is 16.2. The molecule has 10 heteroatoms. The van der Waals surface area contributed by atoms with Crippen molar-refractivity contribution >= 4 is 18.6 Å². The quantitative estimate of drug-likeness (QED) is 0.114. The largest absolute Gasteiger partial charge is 0.673 e. The van der Waals surface area contributed by atoms with Crippen LogP contribution in [0.4, 0.5) is 28.6 Å². The van der Waals surface area contributed by atoms with Gasteiger partial charge in [0.25, 0.3) is 5.69 Å². The van der Waals surface area contributed by atoms with Crippen LogP contribution in [0.25, 0.3) is 4.98 Å². The van der Waals surface area contributed by atoms with Crippen LogP contribution in [0.5, 0.6) is 0 Å². The second-order valence-electron chi connectivity index (χ2n) is 6.00. The second kappa shape index (κ2) is 11.0. The van der Waals surface area contributed by atoms with E-state index in [2.05, 4.69) is 28.7 Å². The van der Waals surface area contributed by atoms with Crippen LogP contribution in [-0.2, 0) is 0 Å². The van der Waals surface area contributed by atoms with Gasteiger partial charge in [0.05, 0.1) is 4.92 Å². The third kappa shape index (κ3) is 8.40. The summed E-state index contributed by atoms with van der Waals surface area (Å²) in [6, 6.07) is 20.7. The maximum absolute atomic E-state index is 11.4. The first kappa shape index (κ1) is 23.7. The Morgan fingerprint density at radius 1 is 0.781 bits per heavy atom. The standard InChI is InChI=1S/C22H12N3O2.BF4/c23-24-21-14-10-18(11-15-21)6-7-19-9-13-20(22(16-19)25(26)27)12-8-17-4-2-1-3-5-17;2-1(3,4)5/h1-5,9-11,13-16H;/q+1;-1. The number of nitrogens with zero attached hydrogens (tertiary/aromatic N) is 3. The summed E-state index contributed by atoms with van der Waals surface area (Å²) in [7, 11) is -6.00. The molecular formula is C22H12BF4N3O2. The van der Waals surface area contributed by atoms with E-state index in [9.17, 15) is 27.4 Å². The van der Waals surface area contributed by atoms with E-state index in [1.54, 1.807) is 36.4 Å². The number of diazo groups is 1. The van der Waals surface area contributed by atoms with Gasteiger partial charge in [-0.05, 0) is 36.4 Å². The van der Waals surface area contributed by atoms with E-state index in [1.165, 1.54) is 6.07 Å². The molecule has 0 unspecified atom stereocenters. The van der Waals surface area contributed by atoms with Crippen molar-refractivity contribution in [2.45, 2.75) is 0 Å². The van der Waals surface area contributed by atoms with Gasteiger partial charge in [-0.2, -0.15) is 0 Å². The fourth-order valence-corrected chi connectivity index (χ4v) is 2.28. The molecule has 5 nitrogen and oxygen atoms in total. The molecule has 0 N–H and O–H groups in total. The second-order valence-corrected chi connectivity index (χ2v) is 6.00. The average molecular weight is 437 g/mol. The van der Waals surface area contributed by atoms with Crippen molar-refractivity contribution in [1.82, 2.24) is 0 Å². The summed E-state index contributed by atoms with van der Waals surface area (Å²) in [5.74, 6) is 11.6. The van der Waals surface area contributed by atoms with Crippen LogP contribution in [-0.4, -0.2) is 12.2 Å². The average Bonchev–Trinajstić information content (AvgIpc) is 2.76. The fourth-order valence-electron chi connectivity index (χ4n) is 2.28. The summed E-state index contributed by atoms with van der Waals surface area (Å²) in [6.45, 7) is 0. The highest BCUT2D eigenvalue weighted by molar-refractivity contribution is 6.50. The lowest BCUT2D eigenvalue weighted by Crippen LogP contribution is -2.02. The Kier molecular flexibility index (Phi) is 8.10. The molecule has 0 aliphatic rings. The van der Waals surface area contributed by atoms with Crippen molar-refractivity contribution in [3.05, 3.63) is 110 Å². The predicted octanol–water partition coefficient (Wildman–Crippen LogP) is 6.18. The molecule has 3 aromatic carbocycles. The van der Waals surface area contributed by atoms with Crippen molar-refractivity contribution in [1.29, 1.82) is 5.39 Å². The predicted molar refractivity (Wildman–Crippen MR) is 113 cm³/mol. The van der Waals surface area contributed by atoms with Crippen LogP contribution in [0.15, 0.2) is 72.8 Å². The molecule has 0 saturated carbocycles. The number of halogens is 4. The summed E-state index contributed by atoms with van der Waals surface area (Å²) in [6.07, 6.45) is 0. The highest BCUT2D eigenvalue weighted by atomic mass is 19.5. The van der Waals surface area contributed by atoms with E-state index >= 15 is 0 Å². The lowest BCUT2D eigenvalue weighted by Gasteiger charge is -1.97. The molecule has 32 heavy (non-hydrogen) atoms. The number of rotatable bonds is 1. The van der Waals surface area contributed by atoms with E-state index in [-0.39, 0.29) is 5.69 Å². The number of hydrogen-bond donors (Lipinski definition) is 0. The number of benzene rings is 3. The van der Waals surface area contributed by atoms with Crippen molar-refractivity contribution in [2.75, 3.05) is 0 Å². The number of hydrogen-bond acceptors (Lipinski definition) is 3. The van der Waals surface area contributed by atoms with Gasteiger partial charge in [-0.15, -0.1) is 0 Å². The van der Waals surface area contributed by atoms with E-state index in [1.807, 2.05) is 30.3 Å². The maximum atomic E-state index is 11.4. The van der Waals surface area contributed by atoms with Crippen molar-refractivity contribution in [2.24, 2.45) is 0 Å². The minimum atomic E-state index is -6.00. The summed E-state index contributed by atoms with van der Waals surface area (Å²) in [4.78, 5) is 14.0. The lowest BCUT2D eigenvalue weighted by atomic mass is 10.1. The van der Waals surface area contributed by atoms with Gasteiger partial charge in [0.15, 0.2) is 4.98 Å². The van der Waals surface area contributed by atoms with Gasteiger partial charge >= 0.3 is 12.9 Å². The molecule has 0 spiro atoms. The van der Waals surface area contributed by atoms with Gasteiger partial charge in [-0.1, -0.05) is 41.9 Å². The Labute approximate surface area is 180 Å². The Morgan fingerprint density at radius 2 is 1.28 bits per heavy atom. The molecule has 0 bridgehead atoms. The molecule has 3 aromatic rings. The van der Waals surface area contributed by atoms with E-state index in [0.29, 0.717) is 22.4 Å². The minimum absolute atomic E-state index is 0.0836. The normalized spacial score (nSPS) is 9.59. The molecule has 0 saturated heterocycles. The van der Waals surface area contributed by atoms with Crippen LogP contribution < -0.4 is 0 Å². The molecule has 3 rings (SSSR count). The SMILES string of the molecule is F[B-](F)(F)F.N#[N+]c1ccc(C#Cc2ccc(C#Cc3ccccc3)c([N+](=O)[O-])c2)cc1. The van der Waals surface area contributed by atoms with Gasteiger partial charge < -0.3 is 17.3 Å². The van der Waals surface area contributed by atoms with Crippen molar-refractivity contribution in [3.63, 3.8) is 0 Å². The molecular weight excluding hydrogens is 425 g/mol. The first-order chi connectivity index (χ1) is 15.2. The van der Waals surface area contributed by atoms with Gasteiger partial charge in [-0.25, -0.2) is 0 Å². The Balaban J connectivity index is 0.000000654. The molecule has 0 atom stereocenters. The highest BCUT2D eigenvalue weighted by Gasteiger charge is 2.20. The topological polar surface area (TPSA) is 71.3 Å². The molecule has 0 radical (unpaired) electrons. The number of nitro benzene ring substituents is 1. The van der Waals surface area contributed by atoms with Crippen LogP contribution in [0.2, 0.25) is 0 Å². The summed E-state index contributed by atoms with van der Waals surface area (Å²) in [5.41, 5.74) is 2.69. The van der Waals surface area contributed by atoms with Gasteiger partial charge in [0.1, 0.15) is 5.56 Å². The lowest BCUT2D eigenvalue weighted by molar-refractivity contribution is -0.385. The van der Waals surface area contributed by atoms with Crippen molar-refractivity contribution in [3.8, 4) is 23.7 Å². The third-order valence-corrected chi connectivity index (χ3v) is 3.64.